The van der Waals surface area contributed by atoms with Gasteiger partial charge in [-0.2, -0.15) is 0 Å². The number of carbonyl (C=O) groups is 2. The second-order valence-electron chi connectivity index (χ2n) is 4.79. The summed E-state index contributed by atoms with van der Waals surface area (Å²) >= 11 is 6.79. The number of rotatable bonds is 4. The Labute approximate surface area is 145 Å². The van der Waals surface area contributed by atoms with E-state index in [9.17, 15) is 19.7 Å². The van der Waals surface area contributed by atoms with E-state index in [0.29, 0.717) is 10.6 Å². The number of imide groups is 1. The van der Waals surface area contributed by atoms with Crippen LogP contribution in [0.3, 0.4) is 0 Å². The lowest BCUT2D eigenvalue weighted by molar-refractivity contribution is -0.402. The summed E-state index contributed by atoms with van der Waals surface area (Å²) in [6.45, 7) is 0.0555. The minimum atomic E-state index is -0.680. The van der Waals surface area contributed by atoms with E-state index < -0.39 is 22.0 Å². The molecule has 0 spiro atoms. The van der Waals surface area contributed by atoms with E-state index >= 15 is 0 Å². The van der Waals surface area contributed by atoms with Crippen LogP contribution in [0.25, 0.3) is 6.08 Å². The van der Waals surface area contributed by atoms with Gasteiger partial charge in [0.05, 0.1) is 17.5 Å². The van der Waals surface area contributed by atoms with Crippen LogP contribution in [0.4, 0.5) is 10.7 Å². The van der Waals surface area contributed by atoms with Gasteiger partial charge in [-0.05, 0) is 29.5 Å². The maximum Gasteiger partial charge on any atom is 0.433 e. The quantitative estimate of drug-likeness (QED) is 0.461. The summed E-state index contributed by atoms with van der Waals surface area (Å²) in [5, 5.41) is 10.6. The Morgan fingerprint density at radius 1 is 1.25 bits per heavy atom. The molecule has 0 saturated carbocycles. The molecule has 7 nitrogen and oxygen atoms in total. The number of halogens is 1. The van der Waals surface area contributed by atoms with Crippen LogP contribution in [0.5, 0.6) is 0 Å². The number of furan rings is 1. The lowest BCUT2D eigenvalue weighted by atomic mass is 10.2. The monoisotopic (exact) mass is 364 g/mol. The number of nitrogens with zero attached hydrogens (tertiary/aromatic N) is 2. The average Bonchev–Trinajstić information content (AvgIpc) is 3.10. The zero-order chi connectivity index (χ0) is 17.3. The third-order valence-corrected chi connectivity index (χ3v) is 4.50. The second kappa shape index (κ2) is 6.50. The van der Waals surface area contributed by atoms with Crippen molar-refractivity contribution in [2.75, 3.05) is 0 Å². The van der Waals surface area contributed by atoms with E-state index in [1.54, 1.807) is 24.3 Å². The van der Waals surface area contributed by atoms with Gasteiger partial charge in [0, 0.05) is 11.1 Å². The van der Waals surface area contributed by atoms with Crippen LogP contribution in [0.1, 0.15) is 11.3 Å². The van der Waals surface area contributed by atoms with Crippen LogP contribution in [0.15, 0.2) is 45.7 Å². The molecule has 1 aromatic heterocycles. The summed E-state index contributed by atoms with van der Waals surface area (Å²) in [4.78, 5) is 35.6. The molecule has 0 bridgehead atoms. The van der Waals surface area contributed by atoms with Gasteiger partial charge in [0.15, 0.2) is 0 Å². The molecule has 0 N–H and O–H groups in total. The fourth-order valence-electron chi connectivity index (χ4n) is 2.08. The smallest absolute Gasteiger partial charge is 0.401 e. The van der Waals surface area contributed by atoms with Gasteiger partial charge in [0.2, 0.25) is 0 Å². The minimum Gasteiger partial charge on any atom is -0.401 e. The van der Waals surface area contributed by atoms with Crippen LogP contribution < -0.4 is 0 Å². The summed E-state index contributed by atoms with van der Waals surface area (Å²) in [6.07, 6.45) is 1.31. The molecule has 0 aliphatic carbocycles. The van der Waals surface area contributed by atoms with Gasteiger partial charge in [0.1, 0.15) is 10.7 Å². The van der Waals surface area contributed by atoms with Crippen LogP contribution in [-0.2, 0) is 11.3 Å². The first kappa shape index (κ1) is 16.3. The van der Waals surface area contributed by atoms with Crippen molar-refractivity contribution in [1.82, 2.24) is 4.90 Å². The van der Waals surface area contributed by atoms with E-state index in [0.717, 1.165) is 16.7 Å². The molecule has 9 heteroatoms. The maximum atomic E-state index is 12.4. The number of nitro groups is 1. The summed E-state index contributed by atoms with van der Waals surface area (Å²) in [7, 11) is 0. The highest BCUT2D eigenvalue weighted by Gasteiger charge is 2.35. The molecule has 1 fully saturated rings. The predicted molar refractivity (Wildman–Crippen MR) is 88.3 cm³/mol. The van der Waals surface area contributed by atoms with Crippen molar-refractivity contribution >= 4 is 46.5 Å². The molecule has 2 amide bonds. The average molecular weight is 365 g/mol. The highest BCUT2D eigenvalue weighted by molar-refractivity contribution is 8.18. The SMILES string of the molecule is O=C1S/C(=C\c2ccc([N+](=O)[O-])o2)C(=O)N1Cc1ccccc1Cl. The van der Waals surface area contributed by atoms with E-state index in [1.807, 2.05) is 0 Å². The van der Waals surface area contributed by atoms with Crippen molar-refractivity contribution < 1.29 is 18.9 Å². The standard InChI is InChI=1S/C15H9ClN2O5S/c16-11-4-2-1-3-9(11)8-17-14(19)12(24-15(17)20)7-10-5-6-13(23-10)18(21)22/h1-7H,8H2/b12-7-. The summed E-state index contributed by atoms with van der Waals surface area (Å²) in [5.74, 6) is -0.800. The first-order chi connectivity index (χ1) is 11.5. The van der Waals surface area contributed by atoms with Gasteiger partial charge in [-0.1, -0.05) is 29.8 Å². The number of hydrogen-bond donors (Lipinski definition) is 0. The molecule has 2 aromatic rings. The molecule has 0 radical (unpaired) electrons. The number of hydrogen-bond acceptors (Lipinski definition) is 6. The van der Waals surface area contributed by atoms with Gasteiger partial charge in [0.25, 0.3) is 11.1 Å². The van der Waals surface area contributed by atoms with E-state index in [-0.39, 0.29) is 17.2 Å². The Morgan fingerprint density at radius 3 is 2.67 bits per heavy atom. The van der Waals surface area contributed by atoms with Crippen LogP contribution in [-0.4, -0.2) is 21.0 Å². The Bertz CT molecular complexity index is 876. The lowest BCUT2D eigenvalue weighted by Crippen LogP contribution is -2.27. The molecule has 1 saturated heterocycles. The number of carbonyl (C=O) groups excluding carboxylic acids is 2. The largest absolute Gasteiger partial charge is 0.433 e. The molecule has 122 valence electrons. The molecule has 1 aromatic carbocycles. The highest BCUT2D eigenvalue weighted by Crippen LogP contribution is 2.34. The van der Waals surface area contributed by atoms with Crippen molar-refractivity contribution in [3.63, 3.8) is 0 Å². The maximum absolute atomic E-state index is 12.4. The third-order valence-electron chi connectivity index (χ3n) is 3.23. The molecule has 1 aliphatic heterocycles. The van der Waals surface area contributed by atoms with Crippen LogP contribution in [0, 0.1) is 10.1 Å². The zero-order valence-corrected chi connectivity index (χ0v) is 13.5. The van der Waals surface area contributed by atoms with Gasteiger partial charge >= 0.3 is 5.88 Å². The van der Waals surface area contributed by atoms with E-state index in [1.165, 1.54) is 18.2 Å². The Morgan fingerprint density at radius 2 is 2.00 bits per heavy atom. The number of thioether (sulfide) groups is 1. The van der Waals surface area contributed by atoms with Gasteiger partial charge < -0.3 is 4.42 Å². The lowest BCUT2D eigenvalue weighted by Gasteiger charge is -2.13. The predicted octanol–water partition coefficient (Wildman–Crippen LogP) is 4.08. The zero-order valence-electron chi connectivity index (χ0n) is 12.0. The molecule has 2 heterocycles. The molecule has 0 atom stereocenters. The van der Waals surface area contributed by atoms with Gasteiger partial charge in [-0.25, -0.2) is 0 Å². The molecule has 0 unspecified atom stereocenters. The van der Waals surface area contributed by atoms with Crippen molar-refractivity contribution in [2.24, 2.45) is 0 Å². The molecular formula is C15H9ClN2O5S. The first-order valence-electron chi connectivity index (χ1n) is 6.68. The van der Waals surface area contributed by atoms with Crippen molar-refractivity contribution in [3.8, 4) is 0 Å². The Hall–Kier alpha value is -2.58. The number of amides is 2. The van der Waals surface area contributed by atoms with Crippen molar-refractivity contribution in [3.05, 3.63) is 67.8 Å². The molecule has 1 aliphatic rings. The Kier molecular flexibility index (Phi) is 4.41. The number of benzene rings is 1. The Balaban J connectivity index is 1.82. The first-order valence-corrected chi connectivity index (χ1v) is 7.88. The molecule has 24 heavy (non-hydrogen) atoms. The second-order valence-corrected chi connectivity index (χ2v) is 6.19. The van der Waals surface area contributed by atoms with E-state index in [2.05, 4.69) is 0 Å². The minimum absolute atomic E-state index is 0.0555. The van der Waals surface area contributed by atoms with Crippen molar-refractivity contribution in [2.45, 2.75) is 6.54 Å². The molecule has 3 rings (SSSR count). The topological polar surface area (TPSA) is 93.7 Å². The third kappa shape index (κ3) is 3.19. The van der Waals surface area contributed by atoms with E-state index in [4.69, 9.17) is 16.0 Å². The normalized spacial score (nSPS) is 16.2. The fourth-order valence-corrected chi connectivity index (χ4v) is 3.09. The van der Waals surface area contributed by atoms with Gasteiger partial charge in [-0.15, -0.1) is 0 Å². The molecular weight excluding hydrogens is 356 g/mol. The summed E-state index contributed by atoms with van der Waals surface area (Å²) in [5.41, 5.74) is 0.649. The van der Waals surface area contributed by atoms with Gasteiger partial charge in [-0.3, -0.25) is 24.6 Å². The fraction of sp³-hybridized carbons (Fsp3) is 0.0667. The van der Waals surface area contributed by atoms with Crippen molar-refractivity contribution in [1.29, 1.82) is 0 Å². The highest BCUT2D eigenvalue weighted by atomic mass is 35.5. The summed E-state index contributed by atoms with van der Waals surface area (Å²) < 4.78 is 4.97. The van der Waals surface area contributed by atoms with Crippen LogP contribution >= 0.6 is 23.4 Å². The van der Waals surface area contributed by atoms with Crippen LogP contribution in [0.2, 0.25) is 5.02 Å². The summed E-state index contributed by atoms with van der Waals surface area (Å²) in [6, 6.07) is 9.46.